The molecule has 0 aromatic heterocycles. The molecule has 0 aliphatic carbocycles. The van der Waals surface area contributed by atoms with Gasteiger partial charge < -0.3 is 19.9 Å². The van der Waals surface area contributed by atoms with Crippen LogP contribution in [-0.2, 0) is 4.79 Å². The van der Waals surface area contributed by atoms with Crippen molar-refractivity contribution in [3.05, 3.63) is 94.8 Å². The van der Waals surface area contributed by atoms with Crippen LogP contribution >= 0.6 is 0 Å². The maximum absolute atomic E-state index is 15.0. The van der Waals surface area contributed by atoms with Crippen molar-refractivity contribution in [2.24, 2.45) is 11.8 Å². The maximum Gasteiger partial charge on any atom is 0.167 e. The molecule has 2 N–H and O–H groups in total. The molecule has 2 aliphatic rings. The van der Waals surface area contributed by atoms with Gasteiger partial charge in [0.1, 0.15) is 23.6 Å². The van der Waals surface area contributed by atoms with Crippen LogP contribution in [0.15, 0.2) is 66.7 Å². The van der Waals surface area contributed by atoms with Crippen LogP contribution in [0.3, 0.4) is 0 Å². The van der Waals surface area contributed by atoms with E-state index in [1.54, 1.807) is 43.3 Å². The van der Waals surface area contributed by atoms with Crippen LogP contribution in [0.1, 0.15) is 57.0 Å². The van der Waals surface area contributed by atoms with Crippen molar-refractivity contribution in [3.8, 4) is 11.5 Å². The highest BCUT2D eigenvalue weighted by Crippen LogP contribution is 2.44. The first kappa shape index (κ1) is 32.5. The van der Waals surface area contributed by atoms with Crippen molar-refractivity contribution in [2.75, 3.05) is 40.3 Å². The molecule has 0 radical (unpaired) electrons. The molecular weight excluding hydrogens is 573 g/mol. The van der Waals surface area contributed by atoms with E-state index in [4.69, 9.17) is 0 Å². The standard InChI is InChI=1S/C36H42FN3O5/c1-23-29(13-6-14-32(23)37)34-30(35(44)24-8-4-11-27(42)18-24)20-40(21-31(34)36(45)25-9-5-12-28(43)19-25)33-15-17-39(33)16-7-10-26(22-41)38(2)3/h4-6,8-9,11-14,18-19,22,26,30-31,33-34,42-43H,7,10,15-17,20-21H2,1-3H3/t26?,30-,31+,33-,34?/m0/s1. The molecular formula is C36H42FN3O5. The SMILES string of the molecule is Cc1c(F)cccc1C1[C@@H](C(=O)c2cccc(O)c2)CN([C@H]2CCN2CCCC(C=O)N(C)C)C[C@H]1C(=O)c1cccc(O)c1. The molecule has 45 heavy (non-hydrogen) atoms. The largest absolute Gasteiger partial charge is 0.508 e. The second-order valence-corrected chi connectivity index (χ2v) is 12.6. The molecule has 2 unspecified atom stereocenters. The van der Waals surface area contributed by atoms with Gasteiger partial charge in [0.15, 0.2) is 11.6 Å². The van der Waals surface area contributed by atoms with Crippen molar-refractivity contribution in [3.63, 3.8) is 0 Å². The van der Waals surface area contributed by atoms with Crippen LogP contribution in [0, 0.1) is 24.6 Å². The van der Waals surface area contributed by atoms with Crippen molar-refractivity contribution in [2.45, 2.75) is 44.3 Å². The molecule has 2 aliphatic heterocycles. The Kier molecular flexibility index (Phi) is 10.1. The number of piperidine rings is 1. The molecule has 0 amide bonds. The third-order valence-corrected chi connectivity index (χ3v) is 9.62. The van der Waals surface area contributed by atoms with Crippen molar-refractivity contribution in [1.82, 2.24) is 14.7 Å². The van der Waals surface area contributed by atoms with E-state index in [-0.39, 0.29) is 35.3 Å². The third-order valence-electron chi connectivity index (χ3n) is 9.62. The number of hydrogen-bond acceptors (Lipinski definition) is 8. The van der Waals surface area contributed by atoms with Crippen LogP contribution in [-0.4, -0.2) is 95.2 Å². The van der Waals surface area contributed by atoms with Crippen molar-refractivity contribution in [1.29, 1.82) is 0 Å². The van der Waals surface area contributed by atoms with Gasteiger partial charge in [-0.05, 0) is 88.3 Å². The number of Topliss-reactive ketones (excluding diaryl/α,β-unsaturated/α-hetero) is 2. The fourth-order valence-electron chi connectivity index (χ4n) is 7.04. The Morgan fingerprint density at radius 1 is 0.956 bits per heavy atom. The molecule has 2 fully saturated rings. The number of carbonyl (C=O) groups excluding carboxylic acids is 3. The van der Waals surface area contributed by atoms with Gasteiger partial charge in [-0.25, -0.2) is 4.39 Å². The molecule has 2 heterocycles. The zero-order valence-corrected chi connectivity index (χ0v) is 26.1. The number of phenols is 2. The van der Waals surface area contributed by atoms with E-state index >= 15 is 4.39 Å². The number of likely N-dealkylation sites (tertiary alicyclic amines) is 2. The van der Waals surface area contributed by atoms with Gasteiger partial charge in [0.25, 0.3) is 0 Å². The minimum absolute atomic E-state index is 0.00699. The number of halogens is 1. The average molecular weight is 616 g/mol. The summed E-state index contributed by atoms with van der Waals surface area (Å²) in [4.78, 5) is 46.7. The number of nitrogens with zero attached hydrogens (tertiary/aromatic N) is 3. The Balaban J connectivity index is 1.53. The smallest absolute Gasteiger partial charge is 0.167 e. The number of rotatable bonds is 12. The summed E-state index contributed by atoms with van der Waals surface area (Å²) in [5.41, 5.74) is 1.67. The topological polar surface area (TPSA) is 101 Å². The quantitative estimate of drug-likeness (QED) is 0.220. The summed E-state index contributed by atoms with van der Waals surface area (Å²) in [6.45, 7) is 4.04. The summed E-state index contributed by atoms with van der Waals surface area (Å²) in [6.07, 6.45) is 3.41. The predicted molar refractivity (Wildman–Crippen MR) is 170 cm³/mol. The lowest BCUT2D eigenvalue weighted by molar-refractivity contribution is -0.112. The van der Waals surface area contributed by atoms with Gasteiger partial charge in [-0.1, -0.05) is 36.4 Å². The summed E-state index contributed by atoms with van der Waals surface area (Å²) < 4.78 is 15.0. The summed E-state index contributed by atoms with van der Waals surface area (Å²) >= 11 is 0. The second kappa shape index (κ2) is 14.0. The molecule has 3 aromatic rings. The number of aldehydes is 1. The van der Waals surface area contributed by atoms with E-state index < -0.39 is 23.6 Å². The lowest BCUT2D eigenvalue weighted by atomic mass is 9.67. The third kappa shape index (κ3) is 7.01. The molecule has 0 saturated carbocycles. The van der Waals surface area contributed by atoms with E-state index in [1.807, 2.05) is 19.0 Å². The summed E-state index contributed by atoms with van der Waals surface area (Å²) in [7, 11) is 3.78. The summed E-state index contributed by atoms with van der Waals surface area (Å²) in [6, 6.07) is 17.1. The van der Waals surface area contributed by atoms with Gasteiger partial charge in [0.05, 0.1) is 12.2 Å². The molecule has 0 bridgehead atoms. The van der Waals surface area contributed by atoms with Crippen LogP contribution < -0.4 is 0 Å². The number of phenolic OH excluding ortho intramolecular Hbond substituents is 2. The van der Waals surface area contributed by atoms with Gasteiger partial charge in [-0.3, -0.25) is 19.4 Å². The molecule has 9 heteroatoms. The minimum atomic E-state index is -0.706. The van der Waals surface area contributed by atoms with Gasteiger partial charge in [-0.2, -0.15) is 0 Å². The van der Waals surface area contributed by atoms with E-state index in [1.165, 1.54) is 30.3 Å². The molecule has 238 valence electrons. The summed E-state index contributed by atoms with van der Waals surface area (Å²) in [5.74, 6) is -2.95. The van der Waals surface area contributed by atoms with E-state index in [0.717, 1.165) is 38.6 Å². The van der Waals surface area contributed by atoms with Crippen LogP contribution in [0.25, 0.3) is 0 Å². The fourth-order valence-corrected chi connectivity index (χ4v) is 7.04. The first-order chi connectivity index (χ1) is 21.6. The van der Waals surface area contributed by atoms with Crippen molar-refractivity contribution < 1.29 is 29.0 Å². The monoisotopic (exact) mass is 615 g/mol. The first-order valence-electron chi connectivity index (χ1n) is 15.6. The normalized spacial score (nSPS) is 23.0. The highest BCUT2D eigenvalue weighted by atomic mass is 19.1. The van der Waals surface area contributed by atoms with E-state index in [2.05, 4.69) is 9.80 Å². The number of ketones is 2. The first-order valence-corrected chi connectivity index (χ1v) is 15.6. The number of aromatic hydroxyl groups is 2. The molecule has 8 nitrogen and oxygen atoms in total. The fraction of sp³-hybridized carbons (Fsp3) is 0.417. The molecule has 5 atom stereocenters. The Hall–Kier alpha value is -3.92. The molecule has 3 aromatic carbocycles. The number of hydrogen-bond donors (Lipinski definition) is 2. The van der Waals surface area contributed by atoms with Crippen LogP contribution in [0.4, 0.5) is 4.39 Å². The second-order valence-electron chi connectivity index (χ2n) is 12.6. The zero-order chi connectivity index (χ0) is 32.2. The zero-order valence-electron chi connectivity index (χ0n) is 26.1. The Labute approximate surface area is 264 Å². The van der Waals surface area contributed by atoms with E-state index in [0.29, 0.717) is 35.3 Å². The maximum atomic E-state index is 15.0. The number of benzene rings is 3. The molecule has 2 saturated heterocycles. The minimum Gasteiger partial charge on any atom is -0.508 e. The van der Waals surface area contributed by atoms with Crippen LogP contribution in [0.2, 0.25) is 0 Å². The highest BCUT2D eigenvalue weighted by Gasteiger charge is 2.48. The van der Waals surface area contributed by atoms with Crippen LogP contribution in [0.5, 0.6) is 11.5 Å². The number of likely N-dealkylation sites (N-methyl/N-ethyl adjacent to an activating group) is 1. The van der Waals surface area contributed by atoms with E-state index in [9.17, 15) is 24.6 Å². The Morgan fingerprint density at radius 2 is 1.53 bits per heavy atom. The Bertz CT molecular complexity index is 1480. The Morgan fingerprint density at radius 3 is 2.02 bits per heavy atom. The van der Waals surface area contributed by atoms with Gasteiger partial charge in [-0.15, -0.1) is 0 Å². The number of carbonyl (C=O) groups is 3. The summed E-state index contributed by atoms with van der Waals surface area (Å²) in [5, 5.41) is 20.4. The molecule has 0 spiro atoms. The lowest BCUT2D eigenvalue weighted by Crippen LogP contribution is -2.63. The van der Waals surface area contributed by atoms with Crippen molar-refractivity contribution >= 4 is 17.9 Å². The van der Waals surface area contributed by atoms with Gasteiger partial charge in [0, 0.05) is 48.5 Å². The average Bonchev–Trinajstić information content (AvgIpc) is 3.00. The lowest BCUT2D eigenvalue weighted by Gasteiger charge is -2.53. The van der Waals surface area contributed by atoms with Gasteiger partial charge >= 0.3 is 0 Å². The highest BCUT2D eigenvalue weighted by molar-refractivity contribution is 6.02. The predicted octanol–water partition coefficient (Wildman–Crippen LogP) is 4.88. The molecule has 5 rings (SSSR count). The van der Waals surface area contributed by atoms with Gasteiger partial charge in [0.2, 0.25) is 0 Å².